The molecule has 2 heteroatoms. The van der Waals surface area contributed by atoms with Crippen LogP contribution in [0.2, 0.25) is 0 Å². The molecule has 0 aromatic heterocycles. The zero-order valence-electron chi connectivity index (χ0n) is 13.5. The lowest BCUT2D eigenvalue weighted by molar-refractivity contribution is -0.147. The largest absolute Gasteiger partial charge is 0.299 e. The van der Waals surface area contributed by atoms with E-state index in [0.717, 1.165) is 25.7 Å². The molecule has 0 heterocycles. The topological polar surface area (TPSA) is 34.1 Å². The third-order valence-electron chi connectivity index (χ3n) is 6.71. The van der Waals surface area contributed by atoms with Crippen LogP contribution in [0, 0.1) is 24.2 Å². The van der Waals surface area contributed by atoms with Gasteiger partial charge < -0.3 is 0 Å². The number of Topliss-reactive ketones (excluding diaryl/α,β-unsaturated/α-hetero) is 2. The highest BCUT2D eigenvalue weighted by Gasteiger charge is 2.54. The molecule has 4 rings (SSSR count). The molecule has 3 unspecified atom stereocenters. The van der Waals surface area contributed by atoms with Crippen molar-refractivity contribution in [1.82, 2.24) is 0 Å². The van der Waals surface area contributed by atoms with Crippen molar-refractivity contribution < 1.29 is 9.59 Å². The summed E-state index contributed by atoms with van der Waals surface area (Å²) in [5.41, 5.74) is 4.09. The molecule has 0 bridgehead atoms. The summed E-state index contributed by atoms with van der Waals surface area (Å²) in [6.45, 7) is 4.29. The van der Waals surface area contributed by atoms with Gasteiger partial charge in [0, 0.05) is 11.8 Å². The molecule has 22 heavy (non-hydrogen) atoms. The minimum atomic E-state index is -0.239. The summed E-state index contributed by atoms with van der Waals surface area (Å²) in [5, 5.41) is 0. The maximum absolute atomic E-state index is 12.5. The van der Waals surface area contributed by atoms with Crippen molar-refractivity contribution >= 4 is 11.6 Å². The molecule has 0 spiro atoms. The van der Waals surface area contributed by atoms with Crippen LogP contribution in [-0.2, 0) is 16.0 Å². The van der Waals surface area contributed by atoms with Gasteiger partial charge in [0.05, 0.1) is 6.42 Å². The molecule has 1 aromatic rings. The first kappa shape index (κ1) is 14.2. The highest BCUT2D eigenvalue weighted by molar-refractivity contribution is 6.04. The molecule has 0 amide bonds. The lowest BCUT2D eigenvalue weighted by Crippen LogP contribution is -2.51. The second kappa shape index (κ2) is 4.78. The Morgan fingerprint density at radius 2 is 2.00 bits per heavy atom. The zero-order chi connectivity index (χ0) is 15.5. The quantitative estimate of drug-likeness (QED) is 0.678. The average molecular weight is 296 g/mol. The van der Waals surface area contributed by atoms with E-state index in [1.807, 2.05) is 0 Å². The first-order valence-corrected chi connectivity index (χ1v) is 8.63. The smallest absolute Gasteiger partial charge is 0.146 e. The number of benzene rings is 1. The summed E-state index contributed by atoms with van der Waals surface area (Å²) in [4.78, 5) is 24.5. The predicted molar refractivity (Wildman–Crippen MR) is 85.8 cm³/mol. The SMILES string of the molecule is Cc1ccc2c(c1)CCC1C2CC[C@]2(C)C(=O)CC(=O)CC12. The van der Waals surface area contributed by atoms with E-state index in [1.165, 1.54) is 16.7 Å². The number of fused-ring (bicyclic) bond motifs is 5. The molecule has 4 atom stereocenters. The van der Waals surface area contributed by atoms with Crippen LogP contribution >= 0.6 is 0 Å². The number of hydrogen-bond acceptors (Lipinski definition) is 2. The van der Waals surface area contributed by atoms with E-state index in [0.29, 0.717) is 18.3 Å². The average Bonchev–Trinajstić information content (AvgIpc) is 2.48. The fourth-order valence-corrected chi connectivity index (χ4v) is 5.45. The summed E-state index contributed by atoms with van der Waals surface area (Å²) < 4.78 is 0. The van der Waals surface area contributed by atoms with Gasteiger partial charge in [-0.05, 0) is 61.5 Å². The van der Waals surface area contributed by atoms with Gasteiger partial charge in [-0.25, -0.2) is 0 Å². The molecule has 2 saturated carbocycles. The maximum Gasteiger partial charge on any atom is 0.146 e. The summed E-state index contributed by atoms with van der Waals surface area (Å²) in [7, 11) is 0. The van der Waals surface area contributed by atoms with Crippen LogP contribution in [0.4, 0.5) is 0 Å². The fraction of sp³-hybridized carbons (Fsp3) is 0.600. The minimum absolute atomic E-state index is 0.169. The van der Waals surface area contributed by atoms with Gasteiger partial charge in [-0.1, -0.05) is 30.7 Å². The Balaban J connectivity index is 1.73. The Labute approximate surface area is 132 Å². The molecule has 0 saturated heterocycles. The van der Waals surface area contributed by atoms with Crippen molar-refractivity contribution in [2.24, 2.45) is 17.3 Å². The van der Waals surface area contributed by atoms with Gasteiger partial charge in [-0.2, -0.15) is 0 Å². The van der Waals surface area contributed by atoms with Gasteiger partial charge in [0.2, 0.25) is 0 Å². The lowest BCUT2D eigenvalue weighted by Gasteiger charge is -2.52. The van der Waals surface area contributed by atoms with Gasteiger partial charge in [-0.15, -0.1) is 0 Å². The summed E-state index contributed by atoms with van der Waals surface area (Å²) >= 11 is 0. The van der Waals surface area contributed by atoms with E-state index in [1.54, 1.807) is 0 Å². The van der Waals surface area contributed by atoms with Crippen molar-refractivity contribution in [1.29, 1.82) is 0 Å². The third-order valence-corrected chi connectivity index (χ3v) is 6.71. The molecule has 0 aliphatic heterocycles. The monoisotopic (exact) mass is 296 g/mol. The van der Waals surface area contributed by atoms with Crippen LogP contribution in [0.25, 0.3) is 0 Å². The molecule has 0 N–H and O–H groups in total. The van der Waals surface area contributed by atoms with Crippen LogP contribution in [0.3, 0.4) is 0 Å². The van der Waals surface area contributed by atoms with Crippen molar-refractivity contribution in [2.75, 3.05) is 0 Å². The highest BCUT2D eigenvalue weighted by atomic mass is 16.2. The standard InChI is InChI=1S/C20H24O2/c1-12-3-5-15-13(9-12)4-6-17-16(15)7-8-20(2)18(17)10-14(21)11-19(20)22/h3,5,9,16-18H,4,6-8,10-11H2,1-2H3/t16?,17?,18?,20-/m0/s1. The first-order valence-electron chi connectivity index (χ1n) is 8.63. The Bertz CT molecular complexity index is 660. The second-order valence-corrected chi connectivity index (χ2v) is 7.92. The number of rotatable bonds is 0. The number of hydrogen-bond donors (Lipinski definition) is 0. The van der Waals surface area contributed by atoms with E-state index in [2.05, 4.69) is 32.0 Å². The third kappa shape index (κ3) is 1.92. The highest BCUT2D eigenvalue weighted by Crippen LogP contribution is 2.57. The van der Waals surface area contributed by atoms with Crippen molar-refractivity contribution in [2.45, 2.75) is 58.3 Å². The molecule has 2 fully saturated rings. The molecule has 0 radical (unpaired) electrons. The minimum Gasteiger partial charge on any atom is -0.299 e. The summed E-state index contributed by atoms with van der Waals surface area (Å²) in [6.07, 6.45) is 5.12. The normalized spacial score (nSPS) is 37.3. The van der Waals surface area contributed by atoms with E-state index >= 15 is 0 Å². The van der Waals surface area contributed by atoms with E-state index in [9.17, 15) is 9.59 Å². The van der Waals surface area contributed by atoms with Gasteiger partial charge in [0.15, 0.2) is 0 Å². The lowest BCUT2D eigenvalue weighted by atomic mass is 9.50. The zero-order valence-corrected chi connectivity index (χ0v) is 13.5. The molecule has 3 aliphatic carbocycles. The molecule has 116 valence electrons. The first-order chi connectivity index (χ1) is 10.5. The Morgan fingerprint density at radius 1 is 1.18 bits per heavy atom. The van der Waals surface area contributed by atoms with Gasteiger partial charge in [0.1, 0.15) is 11.6 Å². The summed E-state index contributed by atoms with van der Waals surface area (Å²) in [6, 6.07) is 6.85. The second-order valence-electron chi connectivity index (χ2n) is 7.92. The van der Waals surface area contributed by atoms with Gasteiger partial charge >= 0.3 is 0 Å². The van der Waals surface area contributed by atoms with Crippen LogP contribution < -0.4 is 0 Å². The van der Waals surface area contributed by atoms with E-state index in [-0.39, 0.29) is 29.3 Å². The fourth-order valence-electron chi connectivity index (χ4n) is 5.45. The Kier molecular flexibility index (Phi) is 3.08. The van der Waals surface area contributed by atoms with Gasteiger partial charge in [-0.3, -0.25) is 9.59 Å². The Morgan fingerprint density at radius 3 is 2.82 bits per heavy atom. The van der Waals surface area contributed by atoms with Crippen molar-refractivity contribution in [3.63, 3.8) is 0 Å². The van der Waals surface area contributed by atoms with Crippen LogP contribution in [0.5, 0.6) is 0 Å². The number of aryl methyl sites for hydroxylation is 2. The van der Waals surface area contributed by atoms with E-state index < -0.39 is 0 Å². The number of carbonyl (C=O) groups is 2. The van der Waals surface area contributed by atoms with Crippen LogP contribution in [0.1, 0.15) is 61.6 Å². The molecule has 3 aliphatic rings. The maximum atomic E-state index is 12.5. The molecular formula is C20H24O2. The summed E-state index contributed by atoms with van der Waals surface area (Å²) in [5.74, 6) is 1.72. The number of carbonyl (C=O) groups excluding carboxylic acids is 2. The van der Waals surface area contributed by atoms with Crippen molar-refractivity contribution in [3.8, 4) is 0 Å². The number of ketones is 2. The molecular weight excluding hydrogens is 272 g/mol. The predicted octanol–water partition coefficient (Wildman–Crippen LogP) is 3.99. The van der Waals surface area contributed by atoms with Gasteiger partial charge in [0.25, 0.3) is 0 Å². The van der Waals surface area contributed by atoms with E-state index in [4.69, 9.17) is 0 Å². The molecule has 1 aromatic carbocycles. The van der Waals surface area contributed by atoms with Crippen LogP contribution in [-0.4, -0.2) is 11.6 Å². The van der Waals surface area contributed by atoms with Crippen LogP contribution in [0.15, 0.2) is 18.2 Å². The Hall–Kier alpha value is -1.44. The van der Waals surface area contributed by atoms with Crippen molar-refractivity contribution in [3.05, 3.63) is 34.9 Å². The molecule has 2 nitrogen and oxygen atoms in total.